The van der Waals surface area contributed by atoms with Crippen LogP contribution in [0.15, 0.2) is 24.3 Å². The normalized spacial score (nSPS) is 30.5. The number of benzene rings is 1. The Kier molecular flexibility index (Phi) is 4.98. The average molecular weight is 306 g/mol. The summed E-state index contributed by atoms with van der Waals surface area (Å²) in [5, 5.41) is 29.1. The number of β-amino-alcohol motifs (C(OH)–C–C–N with tert-alkyl or cyclic N) is 2. The highest BCUT2D eigenvalue weighted by Crippen LogP contribution is 2.21. The highest BCUT2D eigenvalue weighted by atomic mass is 16.4. The number of piperidine rings is 2. The predicted molar refractivity (Wildman–Crippen MR) is 85.8 cm³/mol. The maximum absolute atomic E-state index is 9.75. The molecule has 2 unspecified atom stereocenters. The predicted octanol–water partition coefficient (Wildman–Crippen LogP) is 0.575. The number of hydrogen-bond acceptors (Lipinski definition) is 5. The van der Waals surface area contributed by atoms with Gasteiger partial charge in [-0.05, 0) is 37.0 Å². The molecule has 1 aromatic rings. The molecular formula is C17H26N2O3. The van der Waals surface area contributed by atoms with Crippen LogP contribution in [0.1, 0.15) is 24.8 Å². The number of aliphatic hydroxyl groups is 3. The lowest BCUT2D eigenvalue weighted by Gasteiger charge is -2.37. The van der Waals surface area contributed by atoms with Crippen molar-refractivity contribution in [3.05, 3.63) is 29.8 Å². The lowest BCUT2D eigenvalue weighted by molar-refractivity contribution is -0.111. The molecule has 2 saturated heterocycles. The van der Waals surface area contributed by atoms with Gasteiger partial charge in [-0.3, -0.25) is 4.90 Å². The van der Waals surface area contributed by atoms with Gasteiger partial charge in [-0.2, -0.15) is 0 Å². The minimum Gasteiger partial charge on any atom is -0.389 e. The molecule has 2 aliphatic heterocycles. The Morgan fingerprint density at radius 2 is 1.45 bits per heavy atom. The van der Waals surface area contributed by atoms with Crippen molar-refractivity contribution in [1.29, 1.82) is 0 Å². The largest absolute Gasteiger partial charge is 0.389 e. The Morgan fingerprint density at radius 3 is 2.05 bits per heavy atom. The third kappa shape index (κ3) is 3.60. The van der Waals surface area contributed by atoms with Crippen molar-refractivity contribution in [2.45, 2.75) is 44.1 Å². The molecule has 0 radical (unpaired) electrons. The van der Waals surface area contributed by atoms with Gasteiger partial charge < -0.3 is 20.2 Å². The van der Waals surface area contributed by atoms with Gasteiger partial charge in [0.05, 0.1) is 12.2 Å². The van der Waals surface area contributed by atoms with E-state index in [9.17, 15) is 15.3 Å². The molecule has 0 spiro atoms. The minimum atomic E-state index is -1.03. The van der Waals surface area contributed by atoms with Crippen LogP contribution in [-0.4, -0.2) is 64.7 Å². The molecule has 0 amide bonds. The quantitative estimate of drug-likeness (QED) is 0.762. The van der Waals surface area contributed by atoms with Crippen LogP contribution in [0.3, 0.4) is 0 Å². The van der Waals surface area contributed by atoms with E-state index in [2.05, 4.69) is 29.2 Å². The van der Waals surface area contributed by atoms with Crippen molar-refractivity contribution in [2.24, 2.45) is 0 Å². The molecule has 22 heavy (non-hydrogen) atoms. The first-order valence-corrected chi connectivity index (χ1v) is 8.24. The minimum absolute atomic E-state index is 0.395. The molecule has 5 nitrogen and oxygen atoms in total. The third-order valence-corrected chi connectivity index (χ3v) is 4.74. The first-order valence-electron chi connectivity index (χ1n) is 8.24. The van der Waals surface area contributed by atoms with E-state index in [0.29, 0.717) is 19.6 Å². The lowest BCUT2D eigenvalue weighted by Crippen LogP contribution is -2.54. The van der Waals surface area contributed by atoms with Crippen LogP contribution < -0.4 is 4.90 Å². The molecule has 3 N–H and O–H groups in total. The molecule has 0 aliphatic carbocycles. The molecule has 1 aromatic carbocycles. The summed E-state index contributed by atoms with van der Waals surface area (Å²) < 4.78 is 0. The van der Waals surface area contributed by atoms with Crippen molar-refractivity contribution < 1.29 is 15.3 Å². The fourth-order valence-corrected chi connectivity index (χ4v) is 3.43. The molecule has 2 atom stereocenters. The van der Waals surface area contributed by atoms with Gasteiger partial charge in [0.1, 0.15) is 6.10 Å². The third-order valence-electron chi connectivity index (χ3n) is 4.74. The van der Waals surface area contributed by atoms with Crippen molar-refractivity contribution in [3.8, 4) is 0 Å². The van der Waals surface area contributed by atoms with Crippen LogP contribution in [0, 0.1) is 0 Å². The average Bonchev–Trinajstić information content (AvgIpc) is 2.54. The summed E-state index contributed by atoms with van der Waals surface area (Å²) in [6.07, 6.45) is 1.09. The number of hydrogen-bond donors (Lipinski definition) is 3. The topological polar surface area (TPSA) is 67.2 Å². The SMILES string of the molecule is OC1CN(Cc2ccc(N3CCCCC3)cc2)CC(O)C1O. The molecular weight excluding hydrogens is 280 g/mol. The maximum Gasteiger partial charge on any atom is 0.108 e. The number of nitrogens with zero attached hydrogens (tertiary/aromatic N) is 2. The Hall–Kier alpha value is -1.14. The Bertz CT molecular complexity index is 461. The molecule has 2 aliphatic rings. The Balaban J connectivity index is 1.59. The van der Waals surface area contributed by atoms with Crippen LogP contribution >= 0.6 is 0 Å². The maximum atomic E-state index is 9.75. The number of rotatable bonds is 3. The molecule has 122 valence electrons. The summed E-state index contributed by atoms with van der Waals surface area (Å²) in [5.41, 5.74) is 2.44. The van der Waals surface area contributed by atoms with E-state index in [-0.39, 0.29) is 0 Å². The van der Waals surface area contributed by atoms with Gasteiger partial charge in [0.25, 0.3) is 0 Å². The molecule has 2 heterocycles. The summed E-state index contributed by atoms with van der Waals surface area (Å²) in [4.78, 5) is 4.41. The van der Waals surface area contributed by atoms with Gasteiger partial charge in [-0.15, -0.1) is 0 Å². The van der Waals surface area contributed by atoms with Crippen molar-refractivity contribution in [3.63, 3.8) is 0 Å². The van der Waals surface area contributed by atoms with Crippen LogP contribution in [0.5, 0.6) is 0 Å². The van der Waals surface area contributed by atoms with Gasteiger partial charge in [0.15, 0.2) is 0 Å². The zero-order valence-corrected chi connectivity index (χ0v) is 12.9. The second-order valence-electron chi connectivity index (χ2n) is 6.53. The molecule has 3 rings (SSSR count). The highest BCUT2D eigenvalue weighted by molar-refractivity contribution is 5.47. The van der Waals surface area contributed by atoms with E-state index in [1.165, 1.54) is 24.9 Å². The van der Waals surface area contributed by atoms with Crippen LogP contribution in [-0.2, 0) is 6.54 Å². The van der Waals surface area contributed by atoms with E-state index >= 15 is 0 Å². The van der Waals surface area contributed by atoms with Gasteiger partial charge in [0.2, 0.25) is 0 Å². The summed E-state index contributed by atoms with van der Waals surface area (Å²) >= 11 is 0. The lowest BCUT2D eigenvalue weighted by atomic mass is 10.0. The van der Waals surface area contributed by atoms with E-state index in [1.54, 1.807) is 0 Å². The zero-order valence-electron chi connectivity index (χ0n) is 12.9. The molecule has 5 heteroatoms. The molecule has 0 aromatic heterocycles. The van der Waals surface area contributed by atoms with Crippen molar-refractivity contribution in [2.75, 3.05) is 31.1 Å². The number of anilines is 1. The van der Waals surface area contributed by atoms with Crippen molar-refractivity contribution >= 4 is 5.69 Å². The van der Waals surface area contributed by atoms with Gasteiger partial charge in [0, 0.05) is 38.4 Å². The number of aliphatic hydroxyl groups excluding tert-OH is 3. The van der Waals surface area contributed by atoms with E-state index < -0.39 is 18.3 Å². The number of likely N-dealkylation sites (tertiary alicyclic amines) is 1. The summed E-state index contributed by atoms with van der Waals surface area (Å²) in [6.45, 7) is 3.75. The monoisotopic (exact) mass is 306 g/mol. The van der Waals surface area contributed by atoms with E-state index in [1.807, 2.05) is 4.90 Å². The highest BCUT2D eigenvalue weighted by Gasteiger charge is 2.33. The Morgan fingerprint density at radius 1 is 0.864 bits per heavy atom. The van der Waals surface area contributed by atoms with Crippen LogP contribution in [0.4, 0.5) is 5.69 Å². The molecule has 2 fully saturated rings. The standard InChI is InChI=1S/C17H26N2O3/c20-15-11-18(12-16(21)17(15)22)10-13-4-6-14(7-5-13)19-8-2-1-3-9-19/h4-7,15-17,20-22H,1-3,8-12H2. The van der Waals surface area contributed by atoms with E-state index in [0.717, 1.165) is 18.7 Å². The van der Waals surface area contributed by atoms with Gasteiger partial charge >= 0.3 is 0 Å². The smallest absolute Gasteiger partial charge is 0.108 e. The van der Waals surface area contributed by atoms with Gasteiger partial charge in [-0.25, -0.2) is 0 Å². The van der Waals surface area contributed by atoms with Crippen molar-refractivity contribution in [1.82, 2.24) is 4.90 Å². The fourth-order valence-electron chi connectivity index (χ4n) is 3.43. The van der Waals surface area contributed by atoms with Crippen LogP contribution in [0.2, 0.25) is 0 Å². The van der Waals surface area contributed by atoms with Crippen LogP contribution in [0.25, 0.3) is 0 Å². The second-order valence-corrected chi connectivity index (χ2v) is 6.53. The molecule has 0 saturated carbocycles. The fraction of sp³-hybridized carbons (Fsp3) is 0.647. The summed E-state index contributed by atoms with van der Waals surface area (Å²) in [5.74, 6) is 0. The first kappa shape index (κ1) is 15.7. The summed E-state index contributed by atoms with van der Waals surface area (Å²) in [7, 11) is 0. The zero-order chi connectivity index (χ0) is 15.5. The second kappa shape index (κ2) is 6.96. The van der Waals surface area contributed by atoms with E-state index in [4.69, 9.17) is 0 Å². The Labute approximate surface area is 131 Å². The summed E-state index contributed by atoms with van der Waals surface area (Å²) in [6, 6.07) is 8.56. The van der Waals surface area contributed by atoms with Gasteiger partial charge in [-0.1, -0.05) is 12.1 Å². The first-order chi connectivity index (χ1) is 10.6. The molecule has 0 bridgehead atoms.